The van der Waals surface area contributed by atoms with Gasteiger partial charge >= 0.3 is 6.18 Å². The van der Waals surface area contributed by atoms with Crippen molar-refractivity contribution >= 4 is 23.1 Å². The number of anilines is 4. The minimum atomic E-state index is -4.52. The molecule has 1 aliphatic carbocycles. The second kappa shape index (κ2) is 7.12. The number of rotatable bonds is 3. The molecule has 2 aliphatic rings. The summed E-state index contributed by atoms with van der Waals surface area (Å²) in [5.41, 5.74) is 12.7. The number of halogens is 3. The molecule has 1 atom stereocenters. The summed E-state index contributed by atoms with van der Waals surface area (Å²) < 4.78 is 39.4. The Morgan fingerprint density at radius 1 is 1.14 bits per heavy atom. The molecule has 1 unspecified atom stereocenters. The number of aryl methyl sites for hydroxylation is 1. The Morgan fingerprint density at radius 3 is 2.64 bits per heavy atom. The zero-order chi connectivity index (χ0) is 19.9. The number of nitrogens with two attached hydrogens (primary N) is 2. The maximum atomic E-state index is 13.1. The number of alkyl halides is 3. The van der Waals surface area contributed by atoms with E-state index in [1.54, 1.807) is 0 Å². The van der Waals surface area contributed by atoms with E-state index in [1.807, 2.05) is 0 Å². The van der Waals surface area contributed by atoms with Crippen molar-refractivity contribution in [3.05, 3.63) is 35.0 Å². The topological polar surface area (TPSA) is 93.1 Å². The molecule has 6 nitrogen and oxygen atoms in total. The van der Waals surface area contributed by atoms with Crippen LogP contribution in [-0.4, -0.2) is 29.1 Å². The lowest BCUT2D eigenvalue weighted by atomic mass is 9.96. The third-order valence-electron chi connectivity index (χ3n) is 5.30. The first-order valence-electron chi connectivity index (χ1n) is 9.45. The smallest absolute Gasteiger partial charge is 0.398 e. The molecule has 150 valence electrons. The van der Waals surface area contributed by atoms with Crippen molar-refractivity contribution in [3.8, 4) is 0 Å². The lowest BCUT2D eigenvalue weighted by Gasteiger charge is -2.25. The van der Waals surface area contributed by atoms with Gasteiger partial charge in [0, 0.05) is 36.1 Å². The second-order valence-electron chi connectivity index (χ2n) is 7.42. The maximum Gasteiger partial charge on any atom is 0.418 e. The standard InChI is InChI=1S/C19H23F3N6/c20-19(21,22)14-9-12(5-6-15(14)24)25-18-26-16-4-2-1-3-13(16)17(27-18)28-8-7-11(23)10-28/h5-6,9,11H,1-4,7-8,10,23-24H2,(H,25,26,27). The van der Waals surface area contributed by atoms with Crippen LogP contribution >= 0.6 is 0 Å². The van der Waals surface area contributed by atoms with Crippen molar-refractivity contribution in [2.75, 3.05) is 29.0 Å². The van der Waals surface area contributed by atoms with E-state index in [0.29, 0.717) is 5.95 Å². The quantitative estimate of drug-likeness (QED) is 0.695. The summed E-state index contributed by atoms with van der Waals surface area (Å²) in [5, 5.41) is 2.93. The summed E-state index contributed by atoms with van der Waals surface area (Å²) in [4.78, 5) is 11.4. The van der Waals surface area contributed by atoms with E-state index in [1.165, 1.54) is 12.1 Å². The van der Waals surface area contributed by atoms with Crippen molar-refractivity contribution in [1.29, 1.82) is 0 Å². The number of nitrogen functional groups attached to an aromatic ring is 1. The van der Waals surface area contributed by atoms with Crippen LogP contribution in [0.3, 0.4) is 0 Å². The first kappa shape index (κ1) is 18.8. The zero-order valence-electron chi connectivity index (χ0n) is 15.4. The minimum absolute atomic E-state index is 0.108. The fourth-order valence-corrected chi connectivity index (χ4v) is 3.88. The predicted octanol–water partition coefficient (Wildman–Crippen LogP) is 3.24. The number of aromatic nitrogens is 2. The Balaban J connectivity index is 1.69. The molecule has 9 heteroatoms. The van der Waals surface area contributed by atoms with Gasteiger partial charge in [-0.05, 0) is 50.3 Å². The molecule has 1 fully saturated rings. The molecule has 0 saturated carbocycles. The van der Waals surface area contributed by atoms with Crippen molar-refractivity contribution in [2.24, 2.45) is 5.73 Å². The van der Waals surface area contributed by atoms with Crippen LogP contribution in [0.5, 0.6) is 0 Å². The Bertz CT molecular complexity index is 883. The Hall–Kier alpha value is -2.55. The van der Waals surface area contributed by atoms with E-state index in [-0.39, 0.29) is 17.4 Å². The molecule has 0 radical (unpaired) electrons. The van der Waals surface area contributed by atoms with Crippen molar-refractivity contribution in [2.45, 2.75) is 44.3 Å². The van der Waals surface area contributed by atoms with Crippen LogP contribution in [0.4, 0.5) is 36.3 Å². The van der Waals surface area contributed by atoms with Crippen molar-refractivity contribution in [1.82, 2.24) is 9.97 Å². The fourth-order valence-electron chi connectivity index (χ4n) is 3.88. The van der Waals surface area contributed by atoms with E-state index in [9.17, 15) is 13.2 Å². The van der Waals surface area contributed by atoms with Gasteiger partial charge < -0.3 is 21.7 Å². The average molecular weight is 392 g/mol. The number of hydrogen-bond donors (Lipinski definition) is 3. The molecule has 1 saturated heterocycles. The van der Waals surface area contributed by atoms with Crippen LogP contribution < -0.4 is 21.7 Å². The van der Waals surface area contributed by atoms with Gasteiger partial charge in [-0.25, -0.2) is 4.98 Å². The van der Waals surface area contributed by atoms with E-state index < -0.39 is 11.7 Å². The molecule has 1 aliphatic heterocycles. The van der Waals surface area contributed by atoms with E-state index >= 15 is 0 Å². The van der Waals surface area contributed by atoms with Crippen LogP contribution in [0.2, 0.25) is 0 Å². The molecular weight excluding hydrogens is 369 g/mol. The molecule has 1 aromatic heterocycles. The first-order chi connectivity index (χ1) is 13.3. The number of fused-ring (bicyclic) bond motifs is 1. The normalized spacial score (nSPS) is 19.6. The molecule has 1 aromatic carbocycles. The average Bonchev–Trinajstić information content (AvgIpc) is 3.08. The highest BCUT2D eigenvalue weighted by molar-refractivity contribution is 5.64. The summed E-state index contributed by atoms with van der Waals surface area (Å²) in [7, 11) is 0. The number of nitrogens with one attached hydrogen (secondary N) is 1. The molecule has 0 bridgehead atoms. The second-order valence-corrected chi connectivity index (χ2v) is 7.42. The largest absolute Gasteiger partial charge is 0.418 e. The lowest BCUT2D eigenvalue weighted by Crippen LogP contribution is -2.29. The van der Waals surface area contributed by atoms with Crippen molar-refractivity contribution < 1.29 is 13.2 Å². The van der Waals surface area contributed by atoms with Crippen LogP contribution in [0, 0.1) is 0 Å². The predicted molar refractivity (Wildman–Crippen MR) is 103 cm³/mol. The van der Waals surface area contributed by atoms with E-state index in [2.05, 4.69) is 20.2 Å². The van der Waals surface area contributed by atoms with Gasteiger partial charge in [0.15, 0.2) is 0 Å². The summed E-state index contributed by atoms with van der Waals surface area (Å²) in [5.74, 6) is 1.15. The van der Waals surface area contributed by atoms with Gasteiger partial charge in [-0.3, -0.25) is 0 Å². The van der Waals surface area contributed by atoms with Gasteiger partial charge in [0.2, 0.25) is 5.95 Å². The van der Waals surface area contributed by atoms with Crippen LogP contribution in [0.1, 0.15) is 36.1 Å². The highest BCUT2D eigenvalue weighted by Gasteiger charge is 2.33. The summed E-state index contributed by atoms with van der Waals surface area (Å²) in [6.07, 6.45) is 0.265. The van der Waals surface area contributed by atoms with Crippen LogP contribution in [0.15, 0.2) is 18.2 Å². The Morgan fingerprint density at radius 2 is 1.93 bits per heavy atom. The van der Waals surface area contributed by atoms with Crippen LogP contribution in [-0.2, 0) is 19.0 Å². The third kappa shape index (κ3) is 3.71. The fraction of sp³-hybridized carbons (Fsp3) is 0.474. The summed E-state index contributed by atoms with van der Waals surface area (Å²) >= 11 is 0. The summed E-state index contributed by atoms with van der Waals surface area (Å²) in [6, 6.07) is 3.84. The lowest BCUT2D eigenvalue weighted by molar-refractivity contribution is -0.136. The molecule has 4 rings (SSSR count). The Labute approximate surface area is 161 Å². The van der Waals surface area contributed by atoms with Gasteiger partial charge in [-0.1, -0.05) is 0 Å². The van der Waals surface area contributed by atoms with Crippen molar-refractivity contribution in [3.63, 3.8) is 0 Å². The van der Waals surface area contributed by atoms with E-state index in [4.69, 9.17) is 11.5 Å². The van der Waals surface area contributed by atoms with Crippen LogP contribution in [0.25, 0.3) is 0 Å². The SMILES string of the molecule is Nc1ccc(Nc2nc3c(c(N4CCC(N)C4)n2)CCCC3)cc1C(F)(F)F. The zero-order valence-corrected chi connectivity index (χ0v) is 15.4. The monoisotopic (exact) mass is 392 g/mol. The first-order valence-corrected chi connectivity index (χ1v) is 9.45. The highest BCUT2D eigenvalue weighted by atomic mass is 19.4. The summed E-state index contributed by atoms with van der Waals surface area (Å²) in [6.45, 7) is 1.55. The molecule has 2 heterocycles. The van der Waals surface area contributed by atoms with Gasteiger partial charge in [-0.2, -0.15) is 18.2 Å². The van der Waals surface area contributed by atoms with E-state index in [0.717, 1.165) is 68.3 Å². The number of hydrogen-bond acceptors (Lipinski definition) is 6. The molecule has 0 amide bonds. The minimum Gasteiger partial charge on any atom is -0.398 e. The molecular formula is C19H23F3N6. The molecule has 2 aromatic rings. The molecule has 28 heavy (non-hydrogen) atoms. The van der Waals surface area contributed by atoms with Gasteiger partial charge in [-0.15, -0.1) is 0 Å². The highest BCUT2D eigenvalue weighted by Crippen LogP contribution is 2.36. The van der Waals surface area contributed by atoms with Gasteiger partial charge in [0.25, 0.3) is 0 Å². The van der Waals surface area contributed by atoms with Gasteiger partial charge in [0.05, 0.1) is 11.3 Å². The van der Waals surface area contributed by atoms with Gasteiger partial charge in [0.1, 0.15) is 5.82 Å². The Kier molecular flexibility index (Phi) is 4.78. The molecule has 5 N–H and O–H groups in total. The number of benzene rings is 1. The number of nitrogens with zero attached hydrogens (tertiary/aromatic N) is 3. The maximum absolute atomic E-state index is 13.1. The third-order valence-corrected chi connectivity index (χ3v) is 5.30. The molecule has 0 spiro atoms.